The number of carbonyl (C=O) groups excluding carboxylic acids is 1. The average Bonchev–Trinajstić information content (AvgIpc) is 3.28. The number of hydrogen-bond donors (Lipinski definition) is 0. The number of ketones is 1. The fourth-order valence-electron chi connectivity index (χ4n) is 1.72. The third kappa shape index (κ3) is 6.40. The quantitative estimate of drug-likeness (QED) is 0.303. The van der Waals surface area contributed by atoms with Gasteiger partial charge in [-0.25, -0.2) is 12.1 Å². The van der Waals surface area contributed by atoms with Crippen LogP contribution in [0.15, 0.2) is 78.9 Å². The molecule has 3 rings (SSSR count). The van der Waals surface area contributed by atoms with Crippen LogP contribution < -0.4 is 4.74 Å². The molecule has 0 saturated heterocycles. The summed E-state index contributed by atoms with van der Waals surface area (Å²) in [5, 5.41) is 0. The van der Waals surface area contributed by atoms with Gasteiger partial charge in [0.1, 0.15) is 5.75 Å². The summed E-state index contributed by atoms with van der Waals surface area (Å²) in [5.74, 6) is 5.97. The van der Waals surface area contributed by atoms with E-state index in [2.05, 4.69) is 11.8 Å². The van der Waals surface area contributed by atoms with Crippen molar-refractivity contribution in [2.45, 2.75) is 0 Å². The Morgan fingerprint density at radius 3 is 2.17 bits per heavy atom. The Kier molecular flexibility index (Phi) is 8.24. The van der Waals surface area contributed by atoms with E-state index in [1.165, 1.54) is 0 Å². The molecule has 3 aromatic carbocycles. The SMILES string of the molecule is COc1ccc(C(=O)C#Cc2ccc[cH-]2)cc1.[Fe+2].c1cc[cH-]c1. The van der Waals surface area contributed by atoms with Crippen molar-refractivity contribution in [2.24, 2.45) is 0 Å². The predicted molar refractivity (Wildman–Crippen MR) is 88.3 cm³/mol. The Bertz CT molecular complexity index is 710. The van der Waals surface area contributed by atoms with Crippen LogP contribution in [0.2, 0.25) is 0 Å². The van der Waals surface area contributed by atoms with E-state index >= 15 is 0 Å². The molecule has 0 amide bonds. The van der Waals surface area contributed by atoms with Crippen LogP contribution in [0, 0.1) is 11.8 Å². The van der Waals surface area contributed by atoms with Gasteiger partial charge < -0.3 is 4.74 Å². The molecule has 0 heterocycles. The van der Waals surface area contributed by atoms with Crippen LogP contribution in [0.5, 0.6) is 5.75 Å². The molecule has 0 aromatic heterocycles. The normalized spacial score (nSPS) is 8.57. The number of benzene rings is 1. The first-order valence-electron chi connectivity index (χ1n) is 6.88. The Labute approximate surface area is 147 Å². The summed E-state index contributed by atoms with van der Waals surface area (Å²) >= 11 is 0. The second-order valence-electron chi connectivity index (χ2n) is 4.44. The van der Waals surface area contributed by atoms with Crippen molar-refractivity contribution < 1.29 is 26.6 Å². The van der Waals surface area contributed by atoms with E-state index in [-0.39, 0.29) is 22.9 Å². The fraction of sp³-hybridized carbons (Fsp3) is 0.0500. The van der Waals surface area contributed by atoms with Gasteiger partial charge in [0.15, 0.2) is 0 Å². The van der Waals surface area contributed by atoms with Gasteiger partial charge in [0, 0.05) is 5.56 Å². The summed E-state index contributed by atoms with van der Waals surface area (Å²) < 4.78 is 5.02. The van der Waals surface area contributed by atoms with E-state index in [1.54, 1.807) is 31.4 Å². The van der Waals surface area contributed by atoms with Gasteiger partial charge in [-0.1, -0.05) is 5.92 Å². The maximum absolute atomic E-state index is 11.7. The summed E-state index contributed by atoms with van der Waals surface area (Å²) in [6.45, 7) is 0. The van der Waals surface area contributed by atoms with E-state index in [4.69, 9.17) is 4.74 Å². The van der Waals surface area contributed by atoms with E-state index in [0.29, 0.717) is 5.56 Å². The minimum Gasteiger partial charge on any atom is -0.497 e. The molecule has 0 spiro atoms. The van der Waals surface area contributed by atoms with Crippen molar-refractivity contribution >= 4 is 5.78 Å². The van der Waals surface area contributed by atoms with Crippen LogP contribution in [0.3, 0.4) is 0 Å². The minimum atomic E-state index is -0.186. The third-order valence-electron chi connectivity index (χ3n) is 2.89. The van der Waals surface area contributed by atoms with Crippen LogP contribution in [0.4, 0.5) is 0 Å². The molecule has 0 saturated carbocycles. The first-order valence-corrected chi connectivity index (χ1v) is 6.88. The predicted octanol–water partition coefficient (Wildman–Crippen LogP) is 4.05. The van der Waals surface area contributed by atoms with Crippen molar-refractivity contribution in [3.63, 3.8) is 0 Å². The second-order valence-corrected chi connectivity index (χ2v) is 4.44. The fourth-order valence-corrected chi connectivity index (χ4v) is 1.72. The van der Waals surface area contributed by atoms with Crippen LogP contribution >= 0.6 is 0 Å². The summed E-state index contributed by atoms with van der Waals surface area (Å²) in [7, 11) is 1.59. The number of carbonyl (C=O) groups is 1. The number of methoxy groups -OCH3 is 1. The summed E-state index contributed by atoms with van der Waals surface area (Å²) in [6, 6.07) is 24.4. The third-order valence-corrected chi connectivity index (χ3v) is 2.89. The van der Waals surface area contributed by atoms with Crippen molar-refractivity contribution in [1.82, 2.24) is 0 Å². The van der Waals surface area contributed by atoms with Crippen LogP contribution in [-0.4, -0.2) is 12.9 Å². The molecule has 23 heavy (non-hydrogen) atoms. The average molecular weight is 344 g/mol. The zero-order valence-electron chi connectivity index (χ0n) is 12.7. The Balaban J connectivity index is 0.000000377. The molecule has 2 nitrogen and oxygen atoms in total. The van der Waals surface area contributed by atoms with Crippen molar-refractivity contribution in [2.75, 3.05) is 7.11 Å². The van der Waals surface area contributed by atoms with Gasteiger partial charge in [0.25, 0.3) is 0 Å². The van der Waals surface area contributed by atoms with Gasteiger partial charge in [0.05, 0.1) is 7.11 Å². The van der Waals surface area contributed by atoms with E-state index in [9.17, 15) is 4.79 Å². The summed E-state index contributed by atoms with van der Waals surface area (Å²) in [6.07, 6.45) is 0. The zero-order valence-corrected chi connectivity index (χ0v) is 13.8. The maximum atomic E-state index is 11.7. The monoisotopic (exact) mass is 344 g/mol. The number of Topliss-reactive ketones (excluding diaryl/α,β-unsaturated/α-hetero) is 1. The van der Waals surface area contributed by atoms with Gasteiger partial charge >= 0.3 is 17.1 Å². The molecule has 0 aliphatic heterocycles. The number of hydrogen-bond acceptors (Lipinski definition) is 2. The molecule has 0 N–H and O–H groups in total. The molecule has 0 aliphatic carbocycles. The Hall–Kier alpha value is -2.53. The first-order chi connectivity index (χ1) is 10.8. The van der Waals surface area contributed by atoms with Gasteiger partial charge in [-0.2, -0.15) is 42.3 Å². The molecule has 0 aliphatic rings. The van der Waals surface area contributed by atoms with Crippen LogP contribution in [-0.2, 0) is 17.1 Å². The molecule has 0 atom stereocenters. The largest absolute Gasteiger partial charge is 2.00 e. The maximum Gasteiger partial charge on any atom is 2.00 e. The van der Waals surface area contributed by atoms with Gasteiger partial charge in [-0.05, 0) is 24.3 Å². The summed E-state index contributed by atoms with van der Waals surface area (Å²) in [5.41, 5.74) is 1.43. The minimum absolute atomic E-state index is 0. The van der Waals surface area contributed by atoms with Crippen molar-refractivity contribution in [3.05, 3.63) is 90.0 Å². The topological polar surface area (TPSA) is 26.3 Å². The van der Waals surface area contributed by atoms with E-state index in [1.807, 2.05) is 54.6 Å². The van der Waals surface area contributed by atoms with Gasteiger partial charge in [-0.3, -0.25) is 4.79 Å². The van der Waals surface area contributed by atoms with Gasteiger partial charge in [0.2, 0.25) is 5.78 Å². The Morgan fingerprint density at radius 1 is 1.00 bits per heavy atom. The van der Waals surface area contributed by atoms with E-state index in [0.717, 1.165) is 11.3 Å². The standard InChI is InChI=1S/C15H11O2.C5H5.Fe/c1-17-14-9-7-13(8-10-14)15(16)11-6-12-4-2-3-5-12;1-2-4-5-3-1;/h2-5,7-10H,1H3;1-5H;/q2*-1;+2. The number of ether oxygens (including phenoxy) is 1. The van der Waals surface area contributed by atoms with E-state index < -0.39 is 0 Å². The van der Waals surface area contributed by atoms with Crippen LogP contribution in [0.25, 0.3) is 0 Å². The molecule has 0 fully saturated rings. The molecule has 3 aromatic rings. The van der Waals surface area contributed by atoms with Crippen LogP contribution in [0.1, 0.15) is 15.9 Å². The second kappa shape index (κ2) is 10.2. The smallest absolute Gasteiger partial charge is 0.497 e. The zero-order chi connectivity index (χ0) is 15.6. The molecular formula is C20H16FeO2. The number of rotatable bonds is 2. The first kappa shape index (κ1) is 18.5. The molecule has 0 bridgehead atoms. The van der Waals surface area contributed by atoms with Crippen molar-refractivity contribution in [3.8, 4) is 17.6 Å². The van der Waals surface area contributed by atoms with Gasteiger partial charge in [-0.15, -0.1) is 11.6 Å². The molecule has 0 unspecified atom stereocenters. The molecular weight excluding hydrogens is 328 g/mol. The molecule has 116 valence electrons. The molecule has 0 radical (unpaired) electrons. The molecule has 3 heteroatoms. The van der Waals surface area contributed by atoms with Crippen molar-refractivity contribution in [1.29, 1.82) is 0 Å². The summed E-state index contributed by atoms with van der Waals surface area (Å²) in [4.78, 5) is 11.7. The Morgan fingerprint density at radius 2 is 1.70 bits per heavy atom.